The summed E-state index contributed by atoms with van der Waals surface area (Å²) in [4.78, 5) is 23.0. The maximum atomic E-state index is 11.7. The van der Waals surface area contributed by atoms with Crippen LogP contribution in [0.3, 0.4) is 0 Å². The first kappa shape index (κ1) is 15.7. The Labute approximate surface area is 121 Å². The third-order valence-electron chi connectivity index (χ3n) is 2.15. The maximum absolute atomic E-state index is 11.7. The van der Waals surface area contributed by atoms with Crippen LogP contribution in [0.1, 0.15) is 33.3 Å². The molecule has 0 atom stereocenters. The van der Waals surface area contributed by atoms with E-state index in [2.05, 4.69) is 21.2 Å². The van der Waals surface area contributed by atoms with Gasteiger partial charge in [0.1, 0.15) is 11.4 Å². The second-order valence-electron chi connectivity index (χ2n) is 5.31. The molecule has 0 spiro atoms. The highest BCUT2D eigenvalue weighted by Crippen LogP contribution is 2.23. The highest BCUT2D eigenvalue weighted by atomic mass is 79.9. The molecular weight excluding hydrogens is 310 g/mol. The van der Waals surface area contributed by atoms with Crippen LogP contribution < -0.4 is 5.32 Å². The molecule has 1 amide bonds. The molecule has 1 N–H and O–H groups in total. The van der Waals surface area contributed by atoms with Crippen LogP contribution in [0.5, 0.6) is 0 Å². The number of ether oxygens (including phenoxy) is 1. The second kappa shape index (κ2) is 6.19. The number of hydrogen-bond acceptors (Lipinski definition) is 3. The Kier molecular flexibility index (Phi) is 5.11. The van der Waals surface area contributed by atoms with Crippen LogP contribution in [-0.2, 0) is 16.0 Å². The molecule has 0 aliphatic carbocycles. The van der Waals surface area contributed by atoms with Crippen molar-refractivity contribution < 1.29 is 14.3 Å². The predicted octanol–water partition coefficient (Wildman–Crippen LogP) is 3.93. The molecular formula is C14H18BrNO3. The van der Waals surface area contributed by atoms with Crippen LogP contribution in [0.2, 0.25) is 0 Å². The zero-order chi connectivity index (χ0) is 14.6. The summed E-state index contributed by atoms with van der Waals surface area (Å²) < 4.78 is 6.02. The molecule has 1 rings (SSSR count). The molecule has 0 heterocycles. The molecule has 0 unspecified atom stereocenters. The van der Waals surface area contributed by atoms with Crippen molar-refractivity contribution in [3.05, 3.63) is 28.2 Å². The summed E-state index contributed by atoms with van der Waals surface area (Å²) in [6.45, 7) is 6.90. The van der Waals surface area contributed by atoms with Gasteiger partial charge in [-0.1, -0.05) is 22.0 Å². The number of rotatable bonds is 3. The van der Waals surface area contributed by atoms with E-state index in [0.717, 1.165) is 10.0 Å². The molecule has 0 bridgehead atoms. The average Bonchev–Trinajstić information content (AvgIpc) is 2.18. The van der Waals surface area contributed by atoms with Crippen molar-refractivity contribution in [2.75, 3.05) is 5.32 Å². The summed E-state index contributed by atoms with van der Waals surface area (Å²) in [5.41, 5.74) is 0.789. The van der Waals surface area contributed by atoms with Gasteiger partial charge in [0.15, 0.2) is 0 Å². The van der Waals surface area contributed by atoms with Gasteiger partial charge in [0.25, 0.3) is 0 Å². The zero-order valence-electron chi connectivity index (χ0n) is 11.5. The second-order valence-corrected chi connectivity index (χ2v) is 6.22. The summed E-state index contributed by atoms with van der Waals surface area (Å²) in [6, 6.07) is 5.39. The van der Waals surface area contributed by atoms with E-state index in [9.17, 15) is 9.59 Å². The maximum Gasteiger partial charge on any atom is 0.412 e. The topological polar surface area (TPSA) is 55.4 Å². The Morgan fingerprint density at radius 3 is 2.47 bits per heavy atom. The van der Waals surface area contributed by atoms with Crippen molar-refractivity contribution in [1.82, 2.24) is 0 Å². The van der Waals surface area contributed by atoms with Crippen molar-refractivity contribution in [2.24, 2.45) is 0 Å². The van der Waals surface area contributed by atoms with Gasteiger partial charge in [-0.3, -0.25) is 10.1 Å². The molecule has 0 aliphatic rings. The third kappa shape index (κ3) is 5.87. The monoisotopic (exact) mass is 327 g/mol. The van der Waals surface area contributed by atoms with Gasteiger partial charge >= 0.3 is 6.09 Å². The molecule has 1 aromatic carbocycles. The van der Waals surface area contributed by atoms with Crippen LogP contribution in [0.25, 0.3) is 0 Å². The van der Waals surface area contributed by atoms with Crippen LogP contribution in [0.15, 0.2) is 22.7 Å². The molecule has 5 heteroatoms. The number of carbonyl (C=O) groups is 2. The molecule has 4 nitrogen and oxygen atoms in total. The summed E-state index contributed by atoms with van der Waals surface area (Å²) in [6.07, 6.45) is -0.256. The van der Waals surface area contributed by atoms with Gasteiger partial charge in [-0.15, -0.1) is 0 Å². The zero-order valence-corrected chi connectivity index (χ0v) is 13.1. The number of hydrogen-bond donors (Lipinski definition) is 1. The Balaban J connectivity index is 2.89. The molecule has 104 valence electrons. The highest BCUT2D eigenvalue weighted by Gasteiger charge is 2.17. The number of benzene rings is 1. The Hall–Kier alpha value is -1.36. The first-order valence-electron chi connectivity index (χ1n) is 5.95. The van der Waals surface area contributed by atoms with Gasteiger partial charge in [-0.05, 0) is 45.4 Å². The first-order valence-corrected chi connectivity index (χ1v) is 6.74. The van der Waals surface area contributed by atoms with Crippen LogP contribution in [0.4, 0.5) is 10.5 Å². The molecule has 0 saturated heterocycles. The lowest BCUT2D eigenvalue weighted by atomic mass is 10.1. The van der Waals surface area contributed by atoms with Gasteiger partial charge in [-0.2, -0.15) is 0 Å². The number of Topliss-reactive ketones (excluding diaryl/α,β-unsaturated/α-hetero) is 1. The first-order chi connectivity index (χ1) is 8.67. The lowest BCUT2D eigenvalue weighted by Gasteiger charge is -2.20. The molecule has 1 aromatic rings. The molecule has 0 radical (unpaired) electrons. The number of amides is 1. The quantitative estimate of drug-likeness (QED) is 0.915. The molecule has 0 aliphatic heterocycles. The van der Waals surface area contributed by atoms with Crippen molar-refractivity contribution in [2.45, 2.75) is 39.7 Å². The number of nitrogens with one attached hydrogen (secondary N) is 1. The van der Waals surface area contributed by atoms with E-state index in [-0.39, 0.29) is 12.2 Å². The number of halogens is 1. The van der Waals surface area contributed by atoms with Gasteiger partial charge < -0.3 is 4.74 Å². The predicted molar refractivity (Wildman–Crippen MR) is 78.4 cm³/mol. The summed E-state index contributed by atoms with van der Waals surface area (Å²) in [5, 5.41) is 2.67. The van der Waals surface area contributed by atoms with Gasteiger partial charge in [0.2, 0.25) is 0 Å². The summed E-state index contributed by atoms with van der Waals surface area (Å²) in [5.74, 6) is 0.0366. The Morgan fingerprint density at radius 2 is 1.95 bits per heavy atom. The fraction of sp³-hybridized carbons (Fsp3) is 0.429. The lowest BCUT2D eigenvalue weighted by molar-refractivity contribution is -0.116. The lowest BCUT2D eigenvalue weighted by Crippen LogP contribution is -2.27. The fourth-order valence-electron chi connectivity index (χ4n) is 1.50. The summed E-state index contributed by atoms with van der Waals surface area (Å²) in [7, 11) is 0. The Morgan fingerprint density at radius 1 is 1.32 bits per heavy atom. The highest BCUT2D eigenvalue weighted by molar-refractivity contribution is 9.10. The largest absolute Gasteiger partial charge is 0.444 e. The van der Waals surface area contributed by atoms with E-state index in [1.54, 1.807) is 32.9 Å². The number of ketones is 1. The van der Waals surface area contributed by atoms with Crippen molar-refractivity contribution in [1.29, 1.82) is 0 Å². The number of carbonyl (C=O) groups excluding carboxylic acids is 2. The van der Waals surface area contributed by atoms with Gasteiger partial charge in [-0.25, -0.2) is 4.79 Å². The fourth-order valence-corrected chi connectivity index (χ4v) is 1.86. The van der Waals surface area contributed by atoms with Gasteiger partial charge in [0.05, 0.1) is 0 Å². The molecule has 0 fully saturated rings. The van der Waals surface area contributed by atoms with Gasteiger partial charge in [0, 0.05) is 16.6 Å². The molecule has 19 heavy (non-hydrogen) atoms. The standard InChI is InChI=1S/C14H18BrNO3/c1-9(17)7-10-5-6-11(15)8-12(10)16-13(18)19-14(2,3)4/h5-6,8H,7H2,1-4H3,(H,16,18). The third-order valence-corrected chi connectivity index (χ3v) is 2.64. The van der Waals surface area contributed by atoms with Crippen molar-refractivity contribution in [3.63, 3.8) is 0 Å². The Bertz CT molecular complexity index is 492. The minimum Gasteiger partial charge on any atom is -0.444 e. The summed E-state index contributed by atoms with van der Waals surface area (Å²) >= 11 is 3.34. The minimum absolute atomic E-state index is 0.0366. The molecule has 0 aromatic heterocycles. The van der Waals surface area contributed by atoms with Crippen molar-refractivity contribution in [3.8, 4) is 0 Å². The minimum atomic E-state index is -0.559. The van der Waals surface area contributed by atoms with E-state index in [1.807, 2.05) is 6.07 Å². The average molecular weight is 328 g/mol. The van der Waals surface area contributed by atoms with Crippen LogP contribution in [-0.4, -0.2) is 17.5 Å². The van der Waals surface area contributed by atoms with Crippen LogP contribution >= 0.6 is 15.9 Å². The molecule has 0 saturated carbocycles. The number of anilines is 1. The van der Waals surface area contributed by atoms with E-state index in [0.29, 0.717) is 5.69 Å². The van der Waals surface area contributed by atoms with Crippen molar-refractivity contribution >= 4 is 33.5 Å². The smallest absolute Gasteiger partial charge is 0.412 e. The normalized spacial score (nSPS) is 11.0. The van der Waals surface area contributed by atoms with E-state index in [1.165, 1.54) is 6.92 Å². The van der Waals surface area contributed by atoms with E-state index in [4.69, 9.17) is 4.74 Å². The van der Waals surface area contributed by atoms with E-state index >= 15 is 0 Å². The SMILES string of the molecule is CC(=O)Cc1ccc(Br)cc1NC(=O)OC(C)(C)C. The van der Waals surface area contributed by atoms with E-state index < -0.39 is 11.7 Å². The van der Waals surface area contributed by atoms with Crippen LogP contribution in [0, 0.1) is 0 Å².